The zero-order valence-electron chi connectivity index (χ0n) is 17.5. The van der Waals surface area contributed by atoms with E-state index in [1.807, 2.05) is 6.92 Å². The van der Waals surface area contributed by atoms with Crippen molar-refractivity contribution in [3.8, 4) is 0 Å². The maximum absolute atomic E-state index is 13.3. The molecule has 2 aromatic heterocycles. The Morgan fingerprint density at radius 1 is 1.19 bits per heavy atom. The summed E-state index contributed by atoms with van der Waals surface area (Å²) in [5.41, 5.74) is -0.723. The van der Waals surface area contributed by atoms with Crippen molar-refractivity contribution in [3.05, 3.63) is 57.0 Å². The van der Waals surface area contributed by atoms with E-state index in [2.05, 4.69) is 5.10 Å². The van der Waals surface area contributed by atoms with Crippen molar-refractivity contribution >= 4 is 20.7 Å². The van der Waals surface area contributed by atoms with Gasteiger partial charge in [0.25, 0.3) is 5.56 Å². The summed E-state index contributed by atoms with van der Waals surface area (Å²) >= 11 is 0. The van der Waals surface area contributed by atoms with E-state index in [0.717, 1.165) is 4.57 Å². The second kappa shape index (κ2) is 7.74. The van der Waals surface area contributed by atoms with Crippen molar-refractivity contribution in [1.82, 2.24) is 18.9 Å². The van der Waals surface area contributed by atoms with Crippen LogP contribution in [0.5, 0.6) is 0 Å². The highest BCUT2D eigenvalue weighted by molar-refractivity contribution is 7.91. The summed E-state index contributed by atoms with van der Waals surface area (Å²) in [6.45, 7) is 1.67. The predicted octanol–water partition coefficient (Wildman–Crippen LogP) is 1.88. The van der Waals surface area contributed by atoms with Crippen molar-refractivity contribution in [2.24, 2.45) is 12.5 Å². The lowest BCUT2D eigenvalue weighted by atomic mass is 10.2. The maximum atomic E-state index is 13.3. The molecule has 0 bridgehead atoms. The van der Waals surface area contributed by atoms with Crippen molar-refractivity contribution < 1.29 is 12.8 Å². The zero-order valence-corrected chi connectivity index (χ0v) is 18.4. The van der Waals surface area contributed by atoms with Gasteiger partial charge in [-0.25, -0.2) is 13.2 Å². The van der Waals surface area contributed by atoms with E-state index in [1.165, 1.54) is 22.8 Å². The van der Waals surface area contributed by atoms with Crippen LogP contribution in [0.1, 0.15) is 31.7 Å². The number of nitrogens with zero attached hydrogens (tertiary/aromatic N) is 4. The number of sulfone groups is 1. The van der Waals surface area contributed by atoms with Gasteiger partial charge in [-0.2, -0.15) is 5.10 Å². The highest BCUT2D eigenvalue weighted by Crippen LogP contribution is 2.47. The molecule has 0 unspecified atom stereocenters. The van der Waals surface area contributed by atoms with E-state index in [4.69, 9.17) is 0 Å². The molecular weight excluding hydrogens is 423 g/mol. The number of rotatable bonds is 8. The summed E-state index contributed by atoms with van der Waals surface area (Å²) in [5, 5.41) is 4.23. The van der Waals surface area contributed by atoms with Gasteiger partial charge in [0.15, 0.2) is 9.84 Å². The van der Waals surface area contributed by atoms with Gasteiger partial charge in [0, 0.05) is 30.8 Å². The largest absolute Gasteiger partial charge is 0.331 e. The molecule has 1 aliphatic rings. The highest BCUT2D eigenvalue weighted by atomic mass is 32.2. The number of aryl methyl sites for hydroxylation is 2. The molecule has 8 nitrogen and oxygen atoms in total. The topological polar surface area (TPSA) is 96.0 Å². The standard InChI is InChI=1S/C21H25FN4O4S/c1-3-8-25-18-5-4-16(31(29,30)14-21(13-22)6-7-21)9-17(18)19(27)26(20(25)28)12-15-10-23-24(2)11-15/h4-5,9-11H,3,6-8,12-14H2,1-2H3. The minimum Gasteiger partial charge on any atom is -0.293 e. The minimum atomic E-state index is -3.77. The number of aromatic nitrogens is 4. The van der Waals surface area contributed by atoms with Gasteiger partial charge in [0.2, 0.25) is 0 Å². The molecule has 2 heterocycles. The first-order valence-corrected chi connectivity index (χ1v) is 11.9. The fourth-order valence-electron chi connectivity index (χ4n) is 3.89. The van der Waals surface area contributed by atoms with Gasteiger partial charge >= 0.3 is 5.69 Å². The third-order valence-corrected chi connectivity index (χ3v) is 7.80. The van der Waals surface area contributed by atoms with E-state index >= 15 is 0 Å². The number of fused-ring (bicyclic) bond motifs is 1. The molecule has 1 aromatic carbocycles. The van der Waals surface area contributed by atoms with Crippen molar-refractivity contribution in [3.63, 3.8) is 0 Å². The van der Waals surface area contributed by atoms with Gasteiger partial charge in [-0.1, -0.05) is 6.92 Å². The molecule has 1 saturated carbocycles. The lowest BCUT2D eigenvalue weighted by Gasteiger charge is -2.15. The number of benzene rings is 1. The molecule has 1 aliphatic carbocycles. The first-order chi connectivity index (χ1) is 14.7. The molecule has 0 radical (unpaired) electrons. The monoisotopic (exact) mass is 448 g/mol. The Bertz CT molecular complexity index is 1370. The van der Waals surface area contributed by atoms with Gasteiger partial charge in [-0.05, 0) is 37.5 Å². The Morgan fingerprint density at radius 2 is 1.94 bits per heavy atom. The molecule has 0 spiro atoms. The van der Waals surface area contributed by atoms with Crippen LogP contribution in [0, 0.1) is 5.41 Å². The van der Waals surface area contributed by atoms with Crippen LogP contribution in [0.2, 0.25) is 0 Å². The normalized spacial score (nSPS) is 15.5. The fraction of sp³-hybridized carbons (Fsp3) is 0.476. The molecule has 0 saturated heterocycles. The molecule has 0 aliphatic heterocycles. The smallest absolute Gasteiger partial charge is 0.293 e. The average molecular weight is 449 g/mol. The molecule has 166 valence electrons. The molecule has 4 rings (SSSR count). The van der Waals surface area contributed by atoms with Crippen LogP contribution in [0.25, 0.3) is 10.9 Å². The van der Waals surface area contributed by atoms with Gasteiger partial charge in [-0.15, -0.1) is 0 Å². The SMILES string of the molecule is CCCn1c(=O)n(Cc2cnn(C)c2)c(=O)c2cc(S(=O)(=O)CC3(CF)CC3)ccc21. The lowest BCUT2D eigenvalue weighted by Crippen LogP contribution is -2.40. The Hall–Kier alpha value is -2.75. The maximum Gasteiger partial charge on any atom is 0.331 e. The first-order valence-electron chi connectivity index (χ1n) is 10.2. The lowest BCUT2D eigenvalue weighted by molar-refractivity contribution is 0.367. The Balaban J connectivity index is 1.87. The molecule has 0 amide bonds. The number of alkyl halides is 1. The number of hydrogen-bond acceptors (Lipinski definition) is 5. The van der Waals surface area contributed by atoms with Gasteiger partial charge < -0.3 is 0 Å². The van der Waals surface area contributed by atoms with Crippen molar-refractivity contribution in [2.45, 2.75) is 44.2 Å². The van der Waals surface area contributed by atoms with Crippen LogP contribution in [-0.2, 0) is 30.0 Å². The zero-order chi connectivity index (χ0) is 22.4. The third kappa shape index (κ3) is 3.96. The first kappa shape index (κ1) is 21.5. The van der Waals surface area contributed by atoms with E-state index < -0.39 is 33.2 Å². The number of halogens is 1. The fourth-order valence-corrected chi connectivity index (χ4v) is 5.80. The van der Waals surface area contributed by atoms with Crippen LogP contribution in [0.3, 0.4) is 0 Å². The summed E-state index contributed by atoms with van der Waals surface area (Å²) in [5.74, 6) is -0.277. The Kier molecular flexibility index (Phi) is 5.36. The molecule has 31 heavy (non-hydrogen) atoms. The quantitative estimate of drug-likeness (QED) is 0.524. The van der Waals surface area contributed by atoms with Gasteiger partial charge in [0.05, 0.1) is 41.0 Å². The summed E-state index contributed by atoms with van der Waals surface area (Å²) in [6.07, 6.45) is 5.05. The molecule has 0 atom stereocenters. The van der Waals surface area contributed by atoms with E-state index in [-0.39, 0.29) is 22.6 Å². The molecule has 10 heteroatoms. The van der Waals surface area contributed by atoms with Gasteiger partial charge in [-0.3, -0.25) is 23.0 Å². The third-order valence-electron chi connectivity index (χ3n) is 5.84. The Morgan fingerprint density at radius 3 is 2.52 bits per heavy atom. The van der Waals surface area contributed by atoms with E-state index in [1.54, 1.807) is 24.1 Å². The molecule has 1 fully saturated rings. The highest BCUT2D eigenvalue weighted by Gasteiger charge is 2.46. The molecule has 0 N–H and O–H groups in total. The summed E-state index contributed by atoms with van der Waals surface area (Å²) in [4.78, 5) is 26.3. The van der Waals surface area contributed by atoms with Gasteiger partial charge in [0.1, 0.15) is 0 Å². The molecular formula is C21H25FN4O4S. The average Bonchev–Trinajstić information content (AvgIpc) is 3.38. The van der Waals surface area contributed by atoms with Crippen LogP contribution >= 0.6 is 0 Å². The van der Waals surface area contributed by atoms with Crippen LogP contribution < -0.4 is 11.2 Å². The summed E-state index contributed by atoms with van der Waals surface area (Å²) in [6, 6.07) is 4.24. The molecule has 3 aromatic rings. The van der Waals surface area contributed by atoms with E-state index in [0.29, 0.717) is 36.9 Å². The van der Waals surface area contributed by atoms with Crippen LogP contribution in [-0.4, -0.2) is 39.8 Å². The summed E-state index contributed by atoms with van der Waals surface area (Å²) < 4.78 is 43.3. The van der Waals surface area contributed by atoms with E-state index in [9.17, 15) is 22.4 Å². The minimum absolute atomic E-state index is 0.0218. The predicted molar refractivity (Wildman–Crippen MR) is 115 cm³/mol. The van der Waals surface area contributed by atoms with Crippen LogP contribution in [0.15, 0.2) is 45.1 Å². The van der Waals surface area contributed by atoms with Crippen LogP contribution in [0.4, 0.5) is 4.39 Å². The van der Waals surface area contributed by atoms with Crippen molar-refractivity contribution in [1.29, 1.82) is 0 Å². The van der Waals surface area contributed by atoms with Crippen molar-refractivity contribution in [2.75, 3.05) is 12.4 Å². The second-order valence-electron chi connectivity index (χ2n) is 8.42. The number of hydrogen-bond donors (Lipinski definition) is 0. The Labute approximate surface area is 178 Å². The summed E-state index contributed by atoms with van der Waals surface area (Å²) in [7, 11) is -2.03. The second-order valence-corrected chi connectivity index (χ2v) is 10.4.